The van der Waals surface area contributed by atoms with Crippen LogP contribution in [0.2, 0.25) is 0 Å². The van der Waals surface area contributed by atoms with E-state index in [1.807, 2.05) is 6.92 Å². The highest BCUT2D eigenvalue weighted by atomic mass is 16.4. The monoisotopic (exact) mass is 188 g/mol. The van der Waals surface area contributed by atoms with E-state index in [0.717, 1.165) is 6.42 Å². The van der Waals surface area contributed by atoms with Crippen molar-refractivity contribution in [1.29, 1.82) is 0 Å². The summed E-state index contributed by atoms with van der Waals surface area (Å²) >= 11 is 0. The molecule has 13 heavy (non-hydrogen) atoms. The lowest BCUT2D eigenvalue weighted by Gasteiger charge is -2.19. The van der Waals surface area contributed by atoms with Gasteiger partial charge in [-0.3, -0.25) is 4.79 Å². The van der Waals surface area contributed by atoms with Crippen LogP contribution in [0.25, 0.3) is 0 Å². The molecule has 0 bridgehead atoms. The SMILES string of the molecule is CCCC(N)C(NC(C)=O)C(=O)O. The molecule has 0 aromatic heterocycles. The van der Waals surface area contributed by atoms with Crippen molar-refractivity contribution in [3.63, 3.8) is 0 Å². The molecule has 1 amide bonds. The first-order valence-corrected chi connectivity index (χ1v) is 4.24. The molecule has 0 aliphatic rings. The van der Waals surface area contributed by atoms with Crippen LogP contribution in [-0.4, -0.2) is 29.1 Å². The predicted octanol–water partition coefficient (Wildman–Crippen LogP) is -0.297. The highest BCUT2D eigenvalue weighted by molar-refractivity contribution is 5.82. The van der Waals surface area contributed by atoms with Crippen LogP contribution in [0.5, 0.6) is 0 Å². The van der Waals surface area contributed by atoms with Crippen molar-refractivity contribution < 1.29 is 14.7 Å². The minimum Gasteiger partial charge on any atom is -0.480 e. The molecule has 2 unspecified atom stereocenters. The van der Waals surface area contributed by atoms with Gasteiger partial charge in [0.2, 0.25) is 5.91 Å². The van der Waals surface area contributed by atoms with Gasteiger partial charge in [-0.05, 0) is 6.42 Å². The smallest absolute Gasteiger partial charge is 0.327 e. The standard InChI is InChI=1S/C8H16N2O3/c1-3-4-6(9)7(8(12)13)10-5(2)11/h6-7H,3-4,9H2,1-2H3,(H,10,11)(H,12,13). The lowest BCUT2D eigenvalue weighted by Crippen LogP contribution is -2.51. The van der Waals surface area contributed by atoms with E-state index in [1.54, 1.807) is 0 Å². The average Bonchev–Trinajstić information content (AvgIpc) is 1.99. The second-order valence-electron chi connectivity index (χ2n) is 2.97. The Labute approximate surface area is 77.3 Å². The zero-order valence-electron chi connectivity index (χ0n) is 7.91. The third-order valence-corrected chi connectivity index (χ3v) is 1.67. The van der Waals surface area contributed by atoms with E-state index in [2.05, 4.69) is 5.32 Å². The molecule has 0 aromatic rings. The van der Waals surface area contributed by atoms with Gasteiger partial charge < -0.3 is 16.2 Å². The molecule has 0 saturated carbocycles. The van der Waals surface area contributed by atoms with Crippen LogP contribution in [0.1, 0.15) is 26.7 Å². The summed E-state index contributed by atoms with van der Waals surface area (Å²) in [6.45, 7) is 3.18. The molecule has 0 spiro atoms. The molecule has 5 nitrogen and oxygen atoms in total. The number of carboxylic acids is 1. The lowest BCUT2D eigenvalue weighted by atomic mass is 10.0. The predicted molar refractivity (Wildman–Crippen MR) is 48.1 cm³/mol. The second-order valence-corrected chi connectivity index (χ2v) is 2.97. The lowest BCUT2D eigenvalue weighted by molar-refractivity contribution is -0.142. The average molecular weight is 188 g/mol. The summed E-state index contributed by atoms with van der Waals surface area (Å²) in [7, 11) is 0. The number of carbonyl (C=O) groups excluding carboxylic acids is 1. The summed E-state index contributed by atoms with van der Waals surface area (Å²) in [5, 5.41) is 11.0. The van der Waals surface area contributed by atoms with E-state index >= 15 is 0 Å². The molecule has 0 aliphatic heterocycles. The summed E-state index contributed by atoms with van der Waals surface area (Å²) in [6.07, 6.45) is 1.38. The quantitative estimate of drug-likeness (QED) is 0.552. The number of amides is 1. The number of carbonyl (C=O) groups is 2. The van der Waals surface area contributed by atoms with Crippen molar-refractivity contribution >= 4 is 11.9 Å². The van der Waals surface area contributed by atoms with Crippen molar-refractivity contribution in [3.8, 4) is 0 Å². The van der Waals surface area contributed by atoms with Crippen molar-refractivity contribution in [2.75, 3.05) is 0 Å². The van der Waals surface area contributed by atoms with Gasteiger partial charge in [-0.2, -0.15) is 0 Å². The molecular weight excluding hydrogens is 172 g/mol. The Morgan fingerprint density at radius 2 is 2.08 bits per heavy atom. The Morgan fingerprint density at radius 3 is 2.38 bits per heavy atom. The van der Waals surface area contributed by atoms with E-state index in [4.69, 9.17) is 10.8 Å². The molecular formula is C8H16N2O3. The largest absolute Gasteiger partial charge is 0.480 e. The van der Waals surface area contributed by atoms with Crippen LogP contribution in [0.3, 0.4) is 0 Å². The Balaban J connectivity index is 4.23. The summed E-state index contributed by atoms with van der Waals surface area (Å²) < 4.78 is 0. The fourth-order valence-electron chi connectivity index (χ4n) is 1.07. The fourth-order valence-corrected chi connectivity index (χ4v) is 1.07. The molecule has 0 aliphatic carbocycles. The minimum absolute atomic E-state index is 0.376. The molecule has 0 heterocycles. The highest BCUT2D eigenvalue weighted by Crippen LogP contribution is 1.99. The molecule has 76 valence electrons. The first-order chi connectivity index (χ1) is 5.99. The number of hydrogen-bond acceptors (Lipinski definition) is 3. The maximum atomic E-state index is 10.7. The molecule has 0 fully saturated rings. The van der Waals surface area contributed by atoms with Crippen molar-refractivity contribution in [1.82, 2.24) is 5.32 Å². The molecule has 0 saturated heterocycles. The van der Waals surface area contributed by atoms with Gasteiger partial charge in [-0.25, -0.2) is 4.79 Å². The Hall–Kier alpha value is -1.10. The van der Waals surface area contributed by atoms with E-state index in [1.165, 1.54) is 6.92 Å². The minimum atomic E-state index is -1.09. The summed E-state index contributed by atoms with van der Waals surface area (Å²) in [6, 6.07) is -1.50. The van der Waals surface area contributed by atoms with Gasteiger partial charge in [0.1, 0.15) is 6.04 Å². The number of rotatable bonds is 5. The summed E-state index contributed by atoms with van der Waals surface area (Å²) in [5.74, 6) is -1.46. The number of carboxylic acid groups (broad SMARTS) is 1. The molecule has 5 heteroatoms. The van der Waals surface area contributed by atoms with E-state index in [-0.39, 0.29) is 5.91 Å². The van der Waals surface area contributed by atoms with Gasteiger partial charge >= 0.3 is 5.97 Å². The Morgan fingerprint density at radius 1 is 1.54 bits per heavy atom. The Kier molecular flexibility index (Phi) is 5.06. The highest BCUT2D eigenvalue weighted by Gasteiger charge is 2.24. The van der Waals surface area contributed by atoms with Crippen LogP contribution in [0, 0.1) is 0 Å². The molecule has 4 N–H and O–H groups in total. The summed E-state index contributed by atoms with van der Waals surface area (Å²) in [4.78, 5) is 21.3. The van der Waals surface area contributed by atoms with Crippen LogP contribution in [0.15, 0.2) is 0 Å². The van der Waals surface area contributed by atoms with E-state index in [9.17, 15) is 9.59 Å². The maximum Gasteiger partial charge on any atom is 0.327 e. The molecule has 0 radical (unpaired) electrons. The Bertz CT molecular complexity index is 194. The van der Waals surface area contributed by atoms with Gasteiger partial charge in [-0.15, -0.1) is 0 Å². The van der Waals surface area contributed by atoms with Crippen molar-refractivity contribution in [2.24, 2.45) is 5.73 Å². The van der Waals surface area contributed by atoms with Crippen LogP contribution >= 0.6 is 0 Å². The third-order valence-electron chi connectivity index (χ3n) is 1.67. The zero-order valence-corrected chi connectivity index (χ0v) is 7.91. The van der Waals surface area contributed by atoms with Crippen molar-refractivity contribution in [2.45, 2.75) is 38.8 Å². The van der Waals surface area contributed by atoms with Gasteiger partial charge in [0.25, 0.3) is 0 Å². The van der Waals surface area contributed by atoms with Gasteiger partial charge in [0, 0.05) is 13.0 Å². The first kappa shape index (κ1) is 11.9. The molecule has 2 atom stereocenters. The van der Waals surface area contributed by atoms with Crippen LogP contribution in [-0.2, 0) is 9.59 Å². The number of nitrogens with one attached hydrogen (secondary N) is 1. The molecule has 0 rings (SSSR count). The zero-order chi connectivity index (χ0) is 10.4. The number of aliphatic carboxylic acids is 1. The van der Waals surface area contributed by atoms with Crippen molar-refractivity contribution in [3.05, 3.63) is 0 Å². The number of nitrogens with two attached hydrogens (primary N) is 1. The van der Waals surface area contributed by atoms with Gasteiger partial charge in [0.15, 0.2) is 0 Å². The fraction of sp³-hybridized carbons (Fsp3) is 0.750. The second kappa shape index (κ2) is 5.53. The summed E-state index contributed by atoms with van der Waals surface area (Å²) in [5.41, 5.74) is 5.58. The van der Waals surface area contributed by atoms with Gasteiger partial charge in [-0.1, -0.05) is 13.3 Å². The topological polar surface area (TPSA) is 92.4 Å². The van der Waals surface area contributed by atoms with E-state index < -0.39 is 18.1 Å². The third kappa shape index (κ3) is 4.47. The van der Waals surface area contributed by atoms with E-state index in [0.29, 0.717) is 6.42 Å². The normalized spacial score (nSPS) is 14.7. The maximum absolute atomic E-state index is 10.7. The van der Waals surface area contributed by atoms with Crippen LogP contribution < -0.4 is 11.1 Å². The first-order valence-electron chi connectivity index (χ1n) is 4.24. The number of hydrogen-bond donors (Lipinski definition) is 3. The van der Waals surface area contributed by atoms with Gasteiger partial charge in [0.05, 0.1) is 0 Å². The van der Waals surface area contributed by atoms with Crippen LogP contribution in [0.4, 0.5) is 0 Å². The molecule has 0 aromatic carbocycles.